The highest BCUT2D eigenvalue weighted by Crippen LogP contribution is 2.27. The first-order valence-corrected chi connectivity index (χ1v) is 4.73. The maximum atomic E-state index is 9.62. The lowest BCUT2D eigenvalue weighted by atomic mass is 10.0. The third kappa shape index (κ3) is 1.81. The Hall–Kier alpha value is -1.26. The van der Waals surface area contributed by atoms with Crippen LogP contribution >= 0.6 is 0 Å². The van der Waals surface area contributed by atoms with Gasteiger partial charge in [0.05, 0.1) is 0 Å². The summed E-state index contributed by atoms with van der Waals surface area (Å²) in [6.07, 6.45) is 0. The van der Waals surface area contributed by atoms with E-state index in [2.05, 4.69) is 10.6 Å². The van der Waals surface area contributed by atoms with Crippen LogP contribution < -0.4 is 10.6 Å². The second-order valence-corrected chi connectivity index (χ2v) is 3.45. The van der Waals surface area contributed by atoms with Gasteiger partial charge >= 0.3 is 0 Å². The van der Waals surface area contributed by atoms with E-state index < -0.39 is 0 Å². The summed E-state index contributed by atoms with van der Waals surface area (Å²) in [5, 5.41) is 25.3. The molecule has 4 nitrogen and oxygen atoms in total. The Balaban J connectivity index is 2.22. The molecule has 1 aromatic carbocycles. The molecular weight excluding hydrogens is 180 g/mol. The number of phenolic OH excluding ortho intramolecular Hbond substituents is 2. The molecule has 1 aliphatic heterocycles. The lowest BCUT2D eigenvalue weighted by Gasteiger charge is -2.25. The standard InChI is InChI=1S/C10H14N2O2/c13-7-1-2-8(10(14)5-7)9-6-11-3-4-12-9/h1-2,5,9,11-14H,3-4,6H2/t9-/m1/s1. The summed E-state index contributed by atoms with van der Waals surface area (Å²) in [6, 6.07) is 4.83. The van der Waals surface area contributed by atoms with Gasteiger partial charge in [-0.1, -0.05) is 6.07 Å². The van der Waals surface area contributed by atoms with Crippen molar-refractivity contribution in [1.29, 1.82) is 0 Å². The fraction of sp³-hybridized carbons (Fsp3) is 0.400. The van der Waals surface area contributed by atoms with Crippen LogP contribution in [0.5, 0.6) is 11.5 Å². The lowest BCUT2D eigenvalue weighted by molar-refractivity contribution is 0.400. The lowest BCUT2D eigenvalue weighted by Crippen LogP contribution is -2.42. The molecule has 1 heterocycles. The minimum absolute atomic E-state index is 0.0926. The number of phenols is 2. The maximum absolute atomic E-state index is 9.62. The highest BCUT2D eigenvalue weighted by molar-refractivity contribution is 5.41. The minimum atomic E-state index is 0.0926. The van der Waals surface area contributed by atoms with Crippen molar-refractivity contribution in [2.24, 2.45) is 0 Å². The van der Waals surface area contributed by atoms with E-state index in [1.54, 1.807) is 12.1 Å². The molecule has 1 aliphatic rings. The van der Waals surface area contributed by atoms with Crippen molar-refractivity contribution >= 4 is 0 Å². The molecule has 0 radical (unpaired) electrons. The fourth-order valence-electron chi connectivity index (χ4n) is 1.70. The number of hydrogen-bond acceptors (Lipinski definition) is 4. The highest BCUT2D eigenvalue weighted by Gasteiger charge is 2.17. The molecule has 76 valence electrons. The number of hydrogen-bond donors (Lipinski definition) is 4. The van der Waals surface area contributed by atoms with Gasteiger partial charge in [-0.05, 0) is 6.07 Å². The predicted octanol–water partition coefficient (Wildman–Crippen LogP) is 0.332. The Bertz CT molecular complexity index is 322. The smallest absolute Gasteiger partial charge is 0.124 e. The van der Waals surface area contributed by atoms with E-state index in [1.165, 1.54) is 6.07 Å². The Labute approximate surface area is 82.6 Å². The molecule has 0 aliphatic carbocycles. The largest absolute Gasteiger partial charge is 0.508 e. The molecule has 0 unspecified atom stereocenters. The molecule has 14 heavy (non-hydrogen) atoms. The van der Waals surface area contributed by atoms with Crippen LogP contribution in [-0.2, 0) is 0 Å². The zero-order valence-corrected chi connectivity index (χ0v) is 7.83. The molecular formula is C10H14N2O2. The van der Waals surface area contributed by atoms with Crippen LogP contribution in [0.1, 0.15) is 11.6 Å². The van der Waals surface area contributed by atoms with Gasteiger partial charge in [-0.25, -0.2) is 0 Å². The zero-order chi connectivity index (χ0) is 9.97. The molecule has 0 amide bonds. The van der Waals surface area contributed by atoms with Crippen LogP contribution in [-0.4, -0.2) is 29.8 Å². The first-order chi connectivity index (χ1) is 6.77. The summed E-state index contributed by atoms with van der Waals surface area (Å²) in [5.41, 5.74) is 0.829. The molecule has 1 saturated heterocycles. The SMILES string of the molecule is Oc1ccc([C@H]2CNCCN2)c(O)c1. The van der Waals surface area contributed by atoms with E-state index in [1.807, 2.05) is 0 Å². The van der Waals surface area contributed by atoms with Gasteiger partial charge < -0.3 is 20.8 Å². The van der Waals surface area contributed by atoms with Gasteiger partial charge in [0.1, 0.15) is 11.5 Å². The minimum Gasteiger partial charge on any atom is -0.508 e. The van der Waals surface area contributed by atoms with Gasteiger partial charge in [-0.2, -0.15) is 0 Å². The van der Waals surface area contributed by atoms with Crippen LogP contribution in [0.4, 0.5) is 0 Å². The number of aromatic hydroxyl groups is 2. The molecule has 4 heteroatoms. The normalized spacial score (nSPS) is 22.1. The van der Waals surface area contributed by atoms with E-state index >= 15 is 0 Å². The van der Waals surface area contributed by atoms with Crippen LogP contribution in [0.3, 0.4) is 0 Å². The van der Waals surface area contributed by atoms with E-state index in [9.17, 15) is 5.11 Å². The van der Waals surface area contributed by atoms with Gasteiger partial charge in [-0.3, -0.25) is 0 Å². The van der Waals surface area contributed by atoms with Gasteiger partial charge in [0.25, 0.3) is 0 Å². The highest BCUT2D eigenvalue weighted by atomic mass is 16.3. The van der Waals surface area contributed by atoms with Crippen molar-refractivity contribution < 1.29 is 10.2 Å². The molecule has 1 aromatic rings. The van der Waals surface area contributed by atoms with Gasteiger partial charge in [0.15, 0.2) is 0 Å². The molecule has 1 atom stereocenters. The van der Waals surface area contributed by atoms with Crippen molar-refractivity contribution in [1.82, 2.24) is 10.6 Å². The van der Waals surface area contributed by atoms with Crippen molar-refractivity contribution in [3.05, 3.63) is 23.8 Å². The maximum Gasteiger partial charge on any atom is 0.124 e. The fourth-order valence-corrected chi connectivity index (χ4v) is 1.70. The Kier molecular flexibility index (Phi) is 2.56. The predicted molar refractivity (Wildman–Crippen MR) is 53.4 cm³/mol. The summed E-state index contributed by atoms with van der Waals surface area (Å²) >= 11 is 0. The molecule has 2 rings (SSSR count). The topological polar surface area (TPSA) is 64.5 Å². The van der Waals surface area contributed by atoms with E-state index in [4.69, 9.17) is 5.11 Å². The second-order valence-electron chi connectivity index (χ2n) is 3.45. The van der Waals surface area contributed by atoms with Crippen LogP contribution in [0.25, 0.3) is 0 Å². The quantitative estimate of drug-likeness (QED) is 0.520. The number of benzene rings is 1. The van der Waals surface area contributed by atoms with Crippen LogP contribution in [0, 0.1) is 0 Å². The van der Waals surface area contributed by atoms with Crippen LogP contribution in [0.2, 0.25) is 0 Å². The van der Waals surface area contributed by atoms with E-state index in [0.717, 1.165) is 25.2 Å². The first-order valence-electron chi connectivity index (χ1n) is 4.73. The molecule has 0 spiro atoms. The van der Waals surface area contributed by atoms with Crippen molar-refractivity contribution in [3.8, 4) is 11.5 Å². The first kappa shape index (κ1) is 9.30. The summed E-state index contributed by atoms with van der Waals surface area (Å²) < 4.78 is 0. The van der Waals surface area contributed by atoms with Crippen LogP contribution in [0.15, 0.2) is 18.2 Å². The van der Waals surface area contributed by atoms with Gasteiger partial charge in [-0.15, -0.1) is 0 Å². The van der Waals surface area contributed by atoms with E-state index in [0.29, 0.717) is 0 Å². The molecule has 0 saturated carbocycles. The van der Waals surface area contributed by atoms with E-state index in [-0.39, 0.29) is 17.5 Å². The van der Waals surface area contributed by atoms with Gasteiger partial charge in [0, 0.05) is 37.3 Å². The Morgan fingerprint density at radius 2 is 2.07 bits per heavy atom. The molecule has 4 N–H and O–H groups in total. The third-order valence-electron chi connectivity index (χ3n) is 2.43. The average molecular weight is 194 g/mol. The van der Waals surface area contributed by atoms with Gasteiger partial charge in [0.2, 0.25) is 0 Å². The zero-order valence-electron chi connectivity index (χ0n) is 7.83. The van der Waals surface area contributed by atoms with Crippen molar-refractivity contribution in [2.75, 3.05) is 19.6 Å². The summed E-state index contributed by atoms with van der Waals surface area (Å²) in [6.45, 7) is 2.65. The number of rotatable bonds is 1. The molecule has 1 fully saturated rings. The summed E-state index contributed by atoms with van der Waals surface area (Å²) in [5.74, 6) is 0.237. The molecule has 0 aromatic heterocycles. The number of nitrogens with one attached hydrogen (secondary N) is 2. The Morgan fingerprint density at radius 1 is 1.21 bits per heavy atom. The monoisotopic (exact) mass is 194 g/mol. The summed E-state index contributed by atoms with van der Waals surface area (Å²) in [4.78, 5) is 0. The van der Waals surface area contributed by atoms with Crippen molar-refractivity contribution in [3.63, 3.8) is 0 Å². The average Bonchev–Trinajstić information content (AvgIpc) is 2.19. The number of piperazine rings is 1. The van der Waals surface area contributed by atoms with Crippen molar-refractivity contribution in [2.45, 2.75) is 6.04 Å². The second kappa shape index (κ2) is 3.86. The molecule has 0 bridgehead atoms. The Morgan fingerprint density at radius 3 is 2.71 bits per heavy atom. The summed E-state index contributed by atoms with van der Waals surface area (Å²) in [7, 11) is 0. The third-order valence-corrected chi connectivity index (χ3v) is 2.43.